The Hall–Kier alpha value is -2.45. The molecule has 1 aromatic heterocycles. The molecule has 8 heteroatoms. The summed E-state index contributed by atoms with van der Waals surface area (Å²) in [5.74, 6) is 0.457. The van der Waals surface area contributed by atoms with Crippen LogP contribution in [0.3, 0.4) is 0 Å². The van der Waals surface area contributed by atoms with Gasteiger partial charge in [0.05, 0.1) is 11.4 Å². The zero-order chi connectivity index (χ0) is 19.0. The predicted octanol–water partition coefficient (Wildman–Crippen LogP) is 2.85. The van der Waals surface area contributed by atoms with E-state index in [0.29, 0.717) is 17.5 Å². The number of likely N-dealkylation sites (N-methyl/N-ethyl adjacent to an activating group) is 1. The van der Waals surface area contributed by atoms with Gasteiger partial charge in [-0.05, 0) is 37.5 Å². The summed E-state index contributed by atoms with van der Waals surface area (Å²) in [4.78, 5) is 31.5. The molecule has 1 aromatic carbocycles. The van der Waals surface area contributed by atoms with Crippen molar-refractivity contribution in [2.45, 2.75) is 32.3 Å². The van der Waals surface area contributed by atoms with Gasteiger partial charge in [-0.3, -0.25) is 14.9 Å². The van der Waals surface area contributed by atoms with Crippen molar-refractivity contribution in [2.24, 2.45) is 0 Å². The van der Waals surface area contributed by atoms with Crippen LogP contribution >= 0.6 is 11.3 Å². The molecule has 0 bridgehead atoms. The number of carbonyl (C=O) groups excluding carboxylic acids is 2. The van der Waals surface area contributed by atoms with Gasteiger partial charge in [0.1, 0.15) is 11.9 Å². The lowest BCUT2D eigenvalue weighted by Gasteiger charge is -2.26. The first kappa shape index (κ1) is 17.9. The van der Waals surface area contributed by atoms with E-state index in [4.69, 9.17) is 9.47 Å². The lowest BCUT2D eigenvalue weighted by molar-refractivity contribution is -0.124. The van der Waals surface area contributed by atoms with Crippen LogP contribution in [0.5, 0.6) is 5.75 Å². The molecule has 1 N–H and O–H groups in total. The van der Waals surface area contributed by atoms with Gasteiger partial charge in [-0.25, -0.2) is 4.98 Å². The molecule has 3 heterocycles. The number of thiazole rings is 1. The fourth-order valence-corrected chi connectivity index (χ4v) is 4.19. The largest absolute Gasteiger partial charge is 0.482 e. The Morgan fingerprint density at radius 3 is 3.04 bits per heavy atom. The summed E-state index contributed by atoms with van der Waals surface area (Å²) in [6.07, 6.45) is 2.06. The zero-order valence-electron chi connectivity index (χ0n) is 15.3. The molecule has 2 aromatic rings. The summed E-state index contributed by atoms with van der Waals surface area (Å²) in [5, 5.41) is 3.45. The van der Waals surface area contributed by atoms with Crippen molar-refractivity contribution in [1.82, 2.24) is 4.98 Å². The maximum Gasteiger partial charge on any atom is 0.264 e. The highest BCUT2D eigenvalue weighted by Gasteiger charge is 2.26. The Labute approximate surface area is 161 Å². The van der Waals surface area contributed by atoms with Crippen molar-refractivity contribution < 1.29 is 19.1 Å². The van der Waals surface area contributed by atoms with Crippen LogP contribution in [0.1, 0.15) is 24.6 Å². The summed E-state index contributed by atoms with van der Waals surface area (Å²) in [5.41, 5.74) is 2.44. The van der Waals surface area contributed by atoms with Crippen LogP contribution < -0.4 is 15.0 Å². The molecule has 1 saturated heterocycles. The standard InChI is InChI=1S/C19H21N3O4S/c1-3-15-17(20-19(27-15)21-18(24)14-5-4-8-25-14)11-6-7-13-12(9-11)22(2)16(23)10-26-13/h6-7,9,14H,3-5,8,10H2,1-2H3,(H,20,21,24). The molecule has 27 heavy (non-hydrogen) atoms. The number of aromatic nitrogens is 1. The van der Waals surface area contributed by atoms with Crippen molar-refractivity contribution in [2.75, 3.05) is 30.5 Å². The van der Waals surface area contributed by atoms with E-state index in [1.165, 1.54) is 11.3 Å². The quantitative estimate of drug-likeness (QED) is 0.873. The van der Waals surface area contributed by atoms with Gasteiger partial charge in [-0.1, -0.05) is 6.92 Å². The minimum absolute atomic E-state index is 0.0547. The molecular weight excluding hydrogens is 366 g/mol. The second-order valence-corrected chi connectivity index (χ2v) is 7.64. The molecule has 0 saturated carbocycles. The molecule has 7 nitrogen and oxygen atoms in total. The number of hydrogen-bond donors (Lipinski definition) is 1. The Kier molecular flexibility index (Phi) is 4.84. The van der Waals surface area contributed by atoms with Gasteiger partial charge in [-0.2, -0.15) is 0 Å². The van der Waals surface area contributed by atoms with Gasteiger partial charge in [0.25, 0.3) is 11.8 Å². The van der Waals surface area contributed by atoms with E-state index in [0.717, 1.165) is 41.1 Å². The Balaban J connectivity index is 1.63. The molecule has 1 atom stereocenters. The number of anilines is 2. The third-order valence-corrected chi connectivity index (χ3v) is 5.90. The van der Waals surface area contributed by atoms with E-state index >= 15 is 0 Å². The van der Waals surface area contributed by atoms with E-state index in [2.05, 4.69) is 17.2 Å². The Morgan fingerprint density at radius 2 is 2.30 bits per heavy atom. The molecular formula is C19H21N3O4S. The first-order valence-corrected chi connectivity index (χ1v) is 9.84. The number of fused-ring (bicyclic) bond motifs is 1. The zero-order valence-corrected chi connectivity index (χ0v) is 16.1. The molecule has 4 rings (SSSR count). The number of hydrogen-bond acceptors (Lipinski definition) is 6. The van der Waals surface area contributed by atoms with E-state index in [9.17, 15) is 9.59 Å². The minimum Gasteiger partial charge on any atom is -0.482 e. The van der Waals surface area contributed by atoms with Gasteiger partial charge in [0.2, 0.25) is 0 Å². The highest BCUT2D eigenvalue weighted by Crippen LogP contribution is 2.38. The van der Waals surface area contributed by atoms with Gasteiger partial charge < -0.3 is 14.4 Å². The lowest BCUT2D eigenvalue weighted by atomic mass is 10.1. The monoisotopic (exact) mass is 387 g/mol. The van der Waals surface area contributed by atoms with Crippen LogP contribution in [0.4, 0.5) is 10.8 Å². The second kappa shape index (κ2) is 7.28. The number of nitrogens with zero attached hydrogens (tertiary/aromatic N) is 2. The van der Waals surface area contributed by atoms with E-state index in [1.54, 1.807) is 11.9 Å². The van der Waals surface area contributed by atoms with Gasteiger partial charge in [0, 0.05) is 24.1 Å². The van der Waals surface area contributed by atoms with Crippen molar-refractivity contribution >= 4 is 34.0 Å². The van der Waals surface area contributed by atoms with Gasteiger partial charge in [0.15, 0.2) is 11.7 Å². The summed E-state index contributed by atoms with van der Waals surface area (Å²) >= 11 is 1.47. The van der Waals surface area contributed by atoms with Gasteiger partial charge in [-0.15, -0.1) is 11.3 Å². The van der Waals surface area contributed by atoms with E-state index in [1.807, 2.05) is 18.2 Å². The Morgan fingerprint density at radius 1 is 1.44 bits per heavy atom. The van der Waals surface area contributed by atoms with Crippen molar-refractivity contribution in [3.05, 3.63) is 23.1 Å². The number of benzene rings is 1. The van der Waals surface area contributed by atoms with E-state index < -0.39 is 0 Å². The van der Waals surface area contributed by atoms with Crippen LogP contribution in [-0.4, -0.2) is 43.2 Å². The normalized spacial score (nSPS) is 19.0. The molecule has 2 aliphatic rings. The van der Waals surface area contributed by atoms with Crippen LogP contribution in [0.15, 0.2) is 18.2 Å². The predicted molar refractivity (Wildman–Crippen MR) is 103 cm³/mol. The maximum atomic E-state index is 12.3. The van der Waals surface area contributed by atoms with Crippen LogP contribution in [0.2, 0.25) is 0 Å². The highest BCUT2D eigenvalue weighted by molar-refractivity contribution is 7.16. The van der Waals surface area contributed by atoms with E-state index in [-0.39, 0.29) is 24.5 Å². The number of amides is 2. The lowest BCUT2D eigenvalue weighted by Crippen LogP contribution is -2.35. The fraction of sp³-hybridized carbons (Fsp3) is 0.421. The second-order valence-electron chi connectivity index (χ2n) is 6.56. The van der Waals surface area contributed by atoms with Crippen molar-refractivity contribution in [3.8, 4) is 17.0 Å². The number of ether oxygens (including phenoxy) is 2. The summed E-state index contributed by atoms with van der Waals surface area (Å²) < 4.78 is 10.9. The number of carbonyl (C=O) groups is 2. The molecule has 0 radical (unpaired) electrons. The average molecular weight is 387 g/mol. The van der Waals surface area contributed by atoms with Crippen molar-refractivity contribution in [1.29, 1.82) is 0 Å². The summed E-state index contributed by atoms with van der Waals surface area (Å²) in [6.45, 7) is 2.74. The third-order valence-electron chi connectivity index (χ3n) is 4.79. The fourth-order valence-electron chi connectivity index (χ4n) is 3.26. The molecule has 1 fully saturated rings. The molecule has 142 valence electrons. The number of aryl methyl sites for hydroxylation is 1. The molecule has 2 amide bonds. The van der Waals surface area contributed by atoms with Crippen LogP contribution in [0, 0.1) is 0 Å². The average Bonchev–Trinajstić information content (AvgIpc) is 3.34. The van der Waals surface area contributed by atoms with Crippen LogP contribution in [-0.2, 0) is 20.7 Å². The molecule has 1 unspecified atom stereocenters. The molecule has 2 aliphatic heterocycles. The van der Waals surface area contributed by atoms with Gasteiger partial charge >= 0.3 is 0 Å². The first-order valence-electron chi connectivity index (χ1n) is 9.02. The Bertz CT molecular complexity index is 889. The smallest absolute Gasteiger partial charge is 0.264 e. The summed E-state index contributed by atoms with van der Waals surface area (Å²) in [7, 11) is 1.74. The minimum atomic E-state index is -0.386. The molecule has 0 aliphatic carbocycles. The van der Waals surface area contributed by atoms with Crippen molar-refractivity contribution in [3.63, 3.8) is 0 Å². The van der Waals surface area contributed by atoms with Crippen LogP contribution in [0.25, 0.3) is 11.3 Å². The first-order chi connectivity index (χ1) is 13.1. The maximum absolute atomic E-state index is 12.3. The third kappa shape index (κ3) is 3.42. The highest BCUT2D eigenvalue weighted by atomic mass is 32.1. The number of nitrogens with one attached hydrogen (secondary N) is 1. The molecule has 0 spiro atoms. The SMILES string of the molecule is CCc1sc(NC(=O)C2CCCO2)nc1-c1ccc2c(c1)N(C)C(=O)CO2. The number of rotatable bonds is 4. The summed E-state index contributed by atoms with van der Waals surface area (Å²) in [6, 6.07) is 5.70. The topological polar surface area (TPSA) is 80.8 Å².